The summed E-state index contributed by atoms with van der Waals surface area (Å²) in [7, 11) is 1.61. The predicted octanol–water partition coefficient (Wildman–Crippen LogP) is 2.86. The van der Waals surface area contributed by atoms with Crippen LogP contribution in [0.1, 0.15) is 36.2 Å². The van der Waals surface area contributed by atoms with E-state index in [1.54, 1.807) is 13.2 Å². The van der Waals surface area contributed by atoms with Crippen LogP contribution in [0.15, 0.2) is 36.7 Å². The third kappa shape index (κ3) is 4.86. The largest absolute Gasteiger partial charge is 0.383 e. The lowest BCUT2D eigenvalue weighted by molar-refractivity contribution is 0.0905. The molecule has 2 aromatic rings. The van der Waals surface area contributed by atoms with E-state index in [1.165, 1.54) is 0 Å². The molecule has 1 aromatic heterocycles. The maximum atomic E-state index is 12.2. The first-order chi connectivity index (χ1) is 11.1. The highest BCUT2D eigenvalue weighted by atomic mass is 16.5. The van der Waals surface area contributed by atoms with Crippen LogP contribution < -0.4 is 5.32 Å². The normalized spacial score (nSPS) is 12.0. The number of nitrogens with one attached hydrogen (secondary N) is 1. The van der Waals surface area contributed by atoms with E-state index in [2.05, 4.69) is 22.2 Å². The van der Waals surface area contributed by atoms with Gasteiger partial charge in [-0.15, -0.1) is 0 Å². The van der Waals surface area contributed by atoms with Gasteiger partial charge in [0.1, 0.15) is 0 Å². The Bertz CT molecular complexity index is 641. The molecule has 1 heterocycles. The number of hydrogen-bond acceptors (Lipinski definition) is 4. The van der Waals surface area contributed by atoms with Gasteiger partial charge in [0.15, 0.2) is 5.82 Å². The van der Waals surface area contributed by atoms with Crippen molar-refractivity contribution >= 4 is 5.91 Å². The summed E-state index contributed by atoms with van der Waals surface area (Å²) >= 11 is 0. The van der Waals surface area contributed by atoms with Gasteiger partial charge in [0.2, 0.25) is 0 Å². The Morgan fingerprint density at radius 2 is 2.04 bits per heavy atom. The molecule has 23 heavy (non-hydrogen) atoms. The maximum absolute atomic E-state index is 12.2. The van der Waals surface area contributed by atoms with E-state index < -0.39 is 0 Å². The van der Waals surface area contributed by atoms with Gasteiger partial charge in [0.25, 0.3) is 5.91 Å². The fraction of sp³-hybridized carbons (Fsp3) is 0.389. The Morgan fingerprint density at radius 3 is 2.70 bits per heavy atom. The van der Waals surface area contributed by atoms with Gasteiger partial charge in [-0.1, -0.05) is 25.5 Å². The second-order valence-electron chi connectivity index (χ2n) is 5.58. The first kappa shape index (κ1) is 17.1. The smallest absolute Gasteiger partial charge is 0.251 e. The molecule has 2 rings (SSSR count). The zero-order valence-corrected chi connectivity index (χ0v) is 13.9. The molecule has 122 valence electrons. The molecule has 0 saturated carbocycles. The van der Waals surface area contributed by atoms with Crippen molar-refractivity contribution < 1.29 is 9.53 Å². The summed E-state index contributed by atoms with van der Waals surface area (Å²) in [6.45, 7) is 4.51. The van der Waals surface area contributed by atoms with Crippen LogP contribution in [0, 0.1) is 0 Å². The Labute approximate surface area is 137 Å². The van der Waals surface area contributed by atoms with E-state index in [-0.39, 0.29) is 11.9 Å². The molecule has 0 aliphatic heterocycles. The van der Waals surface area contributed by atoms with Crippen molar-refractivity contribution in [3.05, 3.63) is 47.8 Å². The summed E-state index contributed by atoms with van der Waals surface area (Å²) in [6.07, 6.45) is 5.73. The maximum Gasteiger partial charge on any atom is 0.251 e. The van der Waals surface area contributed by atoms with Gasteiger partial charge in [-0.25, -0.2) is 9.97 Å². The number of nitrogens with zero attached hydrogens (tertiary/aromatic N) is 2. The minimum absolute atomic E-state index is 0.0410. The van der Waals surface area contributed by atoms with E-state index >= 15 is 0 Å². The first-order valence-corrected chi connectivity index (χ1v) is 7.85. The molecule has 0 aliphatic carbocycles. The highest BCUT2D eigenvalue weighted by Gasteiger charge is 2.11. The van der Waals surface area contributed by atoms with Crippen LogP contribution in [0.25, 0.3) is 11.4 Å². The van der Waals surface area contributed by atoms with Crippen LogP contribution in [-0.2, 0) is 11.2 Å². The van der Waals surface area contributed by atoms with Crippen LogP contribution >= 0.6 is 0 Å². The number of aryl methyl sites for hydroxylation is 1. The zero-order chi connectivity index (χ0) is 16.7. The molecule has 0 spiro atoms. The Balaban J connectivity index is 2.14. The monoisotopic (exact) mass is 313 g/mol. The third-order valence-corrected chi connectivity index (χ3v) is 3.42. The van der Waals surface area contributed by atoms with Crippen LogP contribution in [0.5, 0.6) is 0 Å². The van der Waals surface area contributed by atoms with E-state index in [0.717, 1.165) is 24.0 Å². The average molecular weight is 313 g/mol. The van der Waals surface area contributed by atoms with Gasteiger partial charge < -0.3 is 10.1 Å². The molecule has 5 heteroatoms. The summed E-state index contributed by atoms with van der Waals surface area (Å²) in [5.41, 5.74) is 2.55. The van der Waals surface area contributed by atoms with Crippen molar-refractivity contribution in [2.24, 2.45) is 0 Å². The number of benzene rings is 1. The third-order valence-electron chi connectivity index (χ3n) is 3.42. The standard InChI is InChI=1S/C18H23N3O2/c1-4-6-14-10-19-17(20-11-14)15-7-5-8-16(9-15)18(22)21-13(2)12-23-3/h5,7-11,13H,4,6,12H2,1-3H3,(H,21,22). The van der Waals surface area contributed by atoms with Crippen molar-refractivity contribution in [3.63, 3.8) is 0 Å². The number of ether oxygens (including phenoxy) is 1. The van der Waals surface area contributed by atoms with Gasteiger partial charge in [-0.3, -0.25) is 4.79 Å². The lowest BCUT2D eigenvalue weighted by Gasteiger charge is -2.13. The second kappa shape index (κ2) is 8.39. The lowest BCUT2D eigenvalue weighted by atomic mass is 10.1. The summed E-state index contributed by atoms with van der Waals surface area (Å²) in [6, 6.07) is 7.30. The molecule has 0 bridgehead atoms. The van der Waals surface area contributed by atoms with Gasteiger partial charge in [-0.2, -0.15) is 0 Å². The highest BCUT2D eigenvalue weighted by Crippen LogP contribution is 2.16. The van der Waals surface area contributed by atoms with E-state index in [9.17, 15) is 4.79 Å². The van der Waals surface area contributed by atoms with Gasteiger partial charge in [-0.05, 0) is 31.0 Å². The van der Waals surface area contributed by atoms with Crippen molar-refractivity contribution in [1.29, 1.82) is 0 Å². The molecule has 0 saturated heterocycles. The SMILES string of the molecule is CCCc1cnc(-c2cccc(C(=O)NC(C)COC)c2)nc1. The van der Waals surface area contributed by atoms with Crippen LogP contribution in [-0.4, -0.2) is 35.6 Å². The van der Waals surface area contributed by atoms with Gasteiger partial charge in [0, 0.05) is 36.7 Å². The number of hydrogen-bond donors (Lipinski definition) is 1. The molecule has 1 N–H and O–H groups in total. The van der Waals surface area contributed by atoms with Crippen molar-refractivity contribution in [1.82, 2.24) is 15.3 Å². The topological polar surface area (TPSA) is 64.1 Å². The molecular weight excluding hydrogens is 290 g/mol. The number of aromatic nitrogens is 2. The quantitative estimate of drug-likeness (QED) is 0.853. The van der Waals surface area contributed by atoms with E-state index in [1.807, 2.05) is 37.5 Å². The molecule has 1 unspecified atom stereocenters. The lowest BCUT2D eigenvalue weighted by Crippen LogP contribution is -2.35. The van der Waals surface area contributed by atoms with Crippen LogP contribution in [0.3, 0.4) is 0 Å². The molecular formula is C18H23N3O2. The molecule has 1 aromatic carbocycles. The molecule has 1 amide bonds. The van der Waals surface area contributed by atoms with Crippen molar-refractivity contribution in [2.45, 2.75) is 32.7 Å². The molecule has 0 aliphatic rings. The second-order valence-corrected chi connectivity index (χ2v) is 5.58. The van der Waals surface area contributed by atoms with Gasteiger partial charge >= 0.3 is 0 Å². The minimum Gasteiger partial charge on any atom is -0.383 e. The number of methoxy groups -OCH3 is 1. The number of rotatable bonds is 7. The zero-order valence-electron chi connectivity index (χ0n) is 13.9. The van der Waals surface area contributed by atoms with Crippen molar-refractivity contribution in [2.75, 3.05) is 13.7 Å². The molecule has 0 radical (unpaired) electrons. The predicted molar refractivity (Wildman–Crippen MR) is 90.3 cm³/mol. The molecule has 0 fully saturated rings. The Morgan fingerprint density at radius 1 is 1.30 bits per heavy atom. The number of carbonyl (C=O) groups is 1. The van der Waals surface area contributed by atoms with Crippen molar-refractivity contribution in [3.8, 4) is 11.4 Å². The minimum atomic E-state index is -0.126. The first-order valence-electron chi connectivity index (χ1n) is 7.85. The highest BCUT2D eigenvalue weighted by molar-refractivity contribution is 5.95. The number of amides is 1. The van der Waals surface area contributed by atoms with E-state index in [4.69, 9.17) is 4.74 Å². The summed E-state index contributed by atoms with van der Waals surface area (Å²) in [4.78, 5) is 21.0. The molecule has 5 nitrogen and oxygen atoms in total. The fourth-order valence-corrected chi connectivity index (χ4v) is 2.32. The van der Waals surface area contributed by atoms with Crippen LogP contribution in [0.2, 0.25) is 0 Å². The summed E-state index contributed by atoms with van der Waals surface area (Å²) in [5, 5.41) is 2.90. The summed E-state index contributed by atoms with van der Waals surface area (Å²) in [5.74, 6) is 0.503. The Hall–Kier alpha value is -2.27. The number of carbonyl (C=O) groups excluding carboxylic acids is 1. The van der Waals surface area contributed by atoms with Gasteiger partial charge in [0.05, 0.1) is 6.61 Å². The average Bonchev–Trinajstić information content (AvgIpc) is 2.56. The Kier molecular flexibility index (Phi) is 6.23. The molecule has 1 atom stereocenters. The van der Waals surface area contributed by atoms with Crippen LogP contribution in [0.4, 0.5) is 0 Å². The summed E-state index contributed by atoms with van der Waals surface area (Å²) < 4.78 is 5.03. The fourth-order valence-electron chi connectivity index (χ4n) is 2.32. The van der Waals surface area contributed by atoms with E-state index in [0.29, 0.717) is 18.0 Å².